The third-order valence-corrected chi connectivity index (χ3v) is 7.60. The Hall–Kier alpha value is -2.94. The number of nitrogens with one attached hydrogen (secondary N) is 1. The minimum atomic E-state index is -0.467. The zero-order valence-corrected chi connectivity index (χ0v) is 21.9. The van der Waals surface area contributed by atoms with Crippen molar-refractivity contribution < 1.29 is 23.9 Å². The maximum absolute atomic E-state index is 13.3. The normalized spacial score (nSPS) is 20.9. The Morgan fingerprint density at radius 1 is 1.00 bits per heavy atom. The lowest BCUT2D eigenvalue weighted by molar-refractivity contribution is -0.156. The van der Waals surface area contributed by atoms with Crippen molar-refractivity contribution in [2.75, 3.05) is 44.2 Å². The van der Waals surface area contributed by atoms with Gasteiger partial charge >= 0.3 is 12.0 Å². The summed E-state index contributed by atoms with van der Waals surface area (Å²) in [6.45, 7) is 11.3. The third kappa shape index (κ3) is 6.06. The van der Waals surface area contributed by atoms with E-state index in [9.17, 15) is 19.2 Å². The number of rotatable bonds is 4. The average Bonchev–Trinajstić information content (AvgIpc) is 2.80. The summed E-state index contributed by atoms with van der Waals surface area (Å²) < 4.78 is 5.46. The van der Waals surface area contributed by atoms with Crippen molar-refractivity contribution in [3.63, 3.8) is 0 Å². The van der Waals surface area contributed by atoms with Crippen molar-refractivity contribution in [3.8, 4) is 0 Å². The molecule has 0 unspecified atom stereocenters. The van der Waals surface area contributed by atoms with Gasteiger partial charge < -0.3 is 9.64 Å². The first-order valence-electron chi connectivity index (χ1n) is 12.9. The van der Waals surface area contributed by atoms with E-state index in [-0.39, 0.29) is 29.6 Å². The van der Waals surface area contributed by atoms with Gasteiger partial charge in [-0.15, -0.1) is 0 Å². The summed E-state index contributed by atoms with van der Waals surface area (Å²) in [6, 6.07) is 5.00. The first kappa shape index (κ1) is 26.1. The number of imide groups is 1. The predicted octanol–water partition coefficient (Wildman–Crippen LogP) is 3.10. The van der Waals surface area contributed by atoms with E-state index in [1.165, 1.54) is 4.90 Å². The summed E-state index contributed by atoms with van der Waals surface area (Å²) in [5, 5.41) is 2.35. The highest BCUT2D eigenvalue weighted by atomic mass is 16.6. The van der Waals surface area contributed by atoms with Gasteiger partial charge in [-0.2, -0.15) is 0 Å². The summed E-state index contributed by atoms with van der Waals surface area (Å²) in [5.74, 6) is -0.481. The van der Waals surface area contributed by atoms with E-state index >= 15 is 0 Å². The molecule has 36 heavy (non-hydrogen) atoms. The largest absolute Gasteiger partial charge is 0.459 e. The highest BCUT2D eigenvalue weighted by molar-refractivity contribution is 6.06. The van der Waals surface area contributed by atoms with Gasteiger partial charge in [0.05, 0.1) is 6.54 Å². The number of hydrogen-bond donors (Lipinski definition) is 1. The number of carbonyl (C=O) groups excluding carboxylic acids is 4. The molecule has 3 aliphatic rings. The van der Waals surface area contributed by atoms with Crippen molar-refractivity contribution in [3.05, 3.63) is 29.3 Å². The van der Waals surface area contributed by atoms with Gasteiger partial charge in [-0.3, -0.25) is 29.5 Å². The Kier molecular flexibility index (Phi) is 7.41. The molecule has 0 bridgehead atoms. The number of hydrogen-bond acceptors (Lipinski definition) is 6. The number of anilines is 1. The fourth-order valence-corrected chi connectivity index (χ4v) is 5.44. The molecule has 0 atom stereocenters. The molecule has 1 aromatic carbocycles. The predicted molar refractivity (Wildman–Crippen MR) is 136 cm³/mol. The van der Waals surface area contributed by atoms with E-state index < -0.39 is 11.6 Å². The maximum atomic E-state index is 13.3. The van der Waals surface area contributed by atoms with Crippen molar-refractivity contribution in [2.24, 2.45) is 5.41 Å². The molecule has 4 amide bonds. The number of benzene rings is 1. The van der Waals surface area contributed by atoms with Crippen LogP contribution < -0.4 is 10.2 Å². The highest BCUT2D eigenvalue weighted by Crippen LogP contribution is 2.41. The lowest BCUT2D eigenvalue weighted by Gasteiger charge is -2.46. The Morgan fingerprint density at radius 3 is 2.25 bits per heavy atom. The van der Waals surface area contributed by atoms with Gasteiger partial charge in [0.15, 0.2) is 0 Å². The molecule has 3 aliphatic heterocycles. The van der Waals surface area contributed by atoms with Crippen LogP contribution in [0.25, 0.3) is 0 Å². The molecule has 3 heterocycles. The molecule has 0 aromatic heterocycles. The molecule has 196 valence electrons. The van der Waals surface area contributed by atoms with Gasteiger partial charge in [-0.05, 0) is 89.6 Å². The summed E-state index contributed by atoms with van der Waals surface area (Å²) >= 11 is 0. The SMILES string of the molecule is Cc1ccc(C(=O)N2CCC3(CCN(CC(=O)OC(C)(C)C)CC3)CC2)cc1N1CCC(=O)NC1=O. The Balaban J connectivity index is 1.32. The summed E-state index contributed by atoms with van der Waals surface area (Å²) in [7, 11) is 0. The minimum absolute atomic E-state index is 0.0260. The van der Waals surface area contributed by atoms with Crippen LogP contribution in [0.4, 0.5) is 10.5 Å². The van der Waals surface area contributed by atoms with Crippen LogP contribution in [0, 0.1) is 12.3 Å². The molecule has 1 N–H and O–H groups in total. The number of likely N-dealkylation sites (tertiary alicyclic amines) is 2. The van der Waals surface area contributed by atoms with Crippen molar-refractivity contribution in [1.29, 1.82) is 0 Å². The first-order chi connectivity index (χ1) is 16.9. The second kappa shape index (κ2) is 10.2. The van der Waals surface area contributed by atoms with Crippen molar-refractivity contribution in [2.45, 2.75) is 65.4 Å². The standard InChI is InChI=1S/C27H38N4O5/c1-19-5-6-20(17-21(19)31-12-7-22(32)28-25(31)35)24(34)30-15-10-27(11-16-30)8-13-29(14-9-27)18-23(33)36-26(2,3)4/h5-6,17H,7-16,18H2,1-4H3,(H,28,32,35). The topological polar surface area (TPSA) is 99.3 Å². The Bertz CT molecular complexity index is 1030. The molecule has 3 saturated heterocycles. The summed E-state index contributed by atoms with van der Waals surface area (Å²) in [4.78, 5) is 55.0. The zero-order valence-electron chi connectivity index (χ0n) is 21.9. The third-order valence-electron chi connectivity index (χ3n) is 7.60. The fraction of sp³-hybridized carbons (Fsp3) is 0.630. The van der Waals surface area contributed by atoms with Crippen molar-refractivity contribution >= 4 is 29.5 Å². The second-order valence-electron chi connectivity index (χ2n) is 11.4. The number of esters is 1. The minimum Gasteiger partial charge on any atom is -0.459 e. The van der Waals surface area contributed by atoms with Crippen LogP contribution in [-0.4, -0.2) is 78.5 Å². The summed E-state index contributed by atoms with van der Waals surface area (Å²) in [6.07, 6.45) is 4.19. The molecule has 1 spiro atoms. The van der Waals surface area contributed by atoms with Crippen molar-refractivity contribution in [1.82, 2.24) is 15.1 Å². The van der Waals surface area contributed by atoms with Gasteiger partial charge in [-0.25, -0.2) is 4.79 Å². The monoisotopic (exact) mass is 498 g/mol. The van der Waals surface area contributed by atoms with Crippen LogP contribution in [0.3, 0.4) is 0 Å². The number of ether oxygens (including phenoxy) is 1. The lowest BCUT2D eigenvalue weighted by atomic mass is 9.71. The van der Waals surface area contributed by atoms with Gasteiger partial charge in [0.25, 0.3) is 5.91 Å². The van der Waals surface area contributed by atoms with Gasteiger partial charge in [0.1, 0.15) is 5.60 Å². The van der Waals surface area contributed by atoms with E-state index in [0.717, 1.165) is 44.3 Å². The zero-order chi connectivity index (χ0) is 26.1. The number of carbonyl (C=O) groups is 4. The molecule has 0 aliphatic carbocycles. The van der Waals surface area contributed by atoms with E-state index in [2.05, 4.69) is 10.2 Å². The summed E-state index contributed by atoms with van der Waals surface area (Å²) in [5.41, 5.74) is 1.86. The van der Waals surface area contributed by atoms with Gasteiger partial charge in [-0.1, -0.05) is 6.07 Å². The van der Waals surface area contributed by atoms with E-state index in [0.29, 0.717) is 37.4 Å². The highest BCUT2D eigenvalue weighted by Gasteiger charge is 2.39. The first-order valence-corrected chi connectivity index (χ1v) is 12.9. The molecular weight excluding hydrogens is 460 g/mol. The number of amides is 4. The van der Waals surface area contributed by atoms with E-state index in [1.807, 2.05) is 44.7 Å². The van der Waals surface area contributed by atoms with Crippen LogP contribution in [0.15, 0.2) is 18.2 Å². The number of piperidine rings is 2. The molecular formula is C27H38N4O5. The average molecular weight is 499 g/mol. The van der Waals surface area contributed by atoms with E-state index in [4.69, 9.17) is 4.74 Å². The molecule has 9 heteroatoms. The van der Waals surface area contributed by atoms with Gasteiger partial charge in [0.2, 0.25) is 5.91 Å². The van der Waals surface area contributed by atoms with Crippen LogP contribution in [-0.2, 0) is 14.3 Å². The fourth-order valence-electron chi connectivity index (χ4n) is 5.44. The molecule has 3 fully saturated rings. The Morgan fingerprint density at radius 2 is 1.64 bits per heavy atom. The Labute approximate surface area is 213 Å². The van der Waals surface area contributed by atoms with Crippen LogP contribution in [0.1, 0.15) is 68.8 Å². The molecule has 1 aromatic rings. The number of aryl methyl sites for hydroxylation is 1. The molecule has 0 radical (unpaired) electrons. The van der Waals surface area contributed by atoms with Crippen LogP contribution >= 0.6 is 0 Å². The van der Waals surface area contributed by atoms with Crippen LogP contribution in [0.5, 0.6) is 0 Å². The molecule has 0 saturated carbocycles. The second-order valence-corrected chi connectivity index (χ2v) is 11.4. The smallest absolute Gasteiger partial charge is 0.328 e. The van der Waals surface area contributed by atoms with Crippen LogP contribution in [0.2, 0.25) is 0 Å². The number of nitrogens with zero attached hydrogens (tertiary/aromatic N) is 3. The maximum Gasteiger partial charge on any atom is 0.328 e. The lowest BCUT2D eigenvalue weighted by Crippen LogP contribution is -2.50. The van der Waals surface area contributed by atoms with E-state index in [1.54, 1.807) is 6.07 Å². The quantitative estimate of drug-likeness (QED) is 0.641. The molecule has 9 nitrogen and oxygen atoms in total. The number of urea groups is 1. The molecule has 4 rings (SSSR count). The van der Waals surface area contributed by atoms with Gasteiger partial charge in [0, 0.05) is 37.3 Å².